The summed E-state index contributed by atoms with van der Waals surface area (Å²) in [6.45, 7) is 6.42. The van der Waals surface area contributed by atoms with Crippen molar-refractivity contribution in [3.8, 4) is 5.75 Å². The standard InChI is InChI=1S/C34H41NO4/c1-4-6-8-26-11-15-28(16-12-26)23-35(24-32(36)37)33(38)30-17-18-31-29(21-30)19-20-34(3,39-31)22-27-13-9-25(7-5-2)10-14-27/h9-18,21H,4-8,19-20,22-24H2,1-3H3,(H,36,37)/t34-/m0/s1. The molecule has 5 heteroatoms. The van der Waals surface area contributed by atoms with Crippen LogP contribution in [0.15, 0.2) is 66.7 Å². The molecular weight excluding hydrogens is 486 g/mol. The number of carbonyl (C=O) groups excluding carboxylic acids is 1. The van der Waals surface area contributed by atoms with Crippen molar-refractivity contribution in [3.05, 3.63) is 100 Å². The summed E-state index contributed by atoms with van der Waals surface area (Å²) in [7, 11) is 0. The molecule has 206 valence electrons. The van der Waals surface area contributed by atoms with E-state index in [0.717, 1.165) is 68.2 Å². The molecule has 0 saturated heterocycles. The van der Waals surface area contributed by atoms with Crippen LogP contribution in [-0.4, -0.2) is 34.0 Å². The molecule has 0 aromatic heterocycles. The number of carbonyl (C=O) groups is 2. The molecule has 0 fully saturated rings. The smallest absolute Gasteiger partial charge is 0.323 e. The van der Waals surface area contributed by atoms with Crippen LogP contribution in [0, 0.1) is 0 Å². The third kappa shape index (κ3) is 7.72. The van der Waals surface area contributed by atoms with E-state index in [1.807, 2.05) is 24.3 Å². The van der Waals surface area contributed by atoms with Crippen LogP contribution in [-0.2, 0) is 37.0 Å². The van der Waals surface area contributed by atoms with Crippen LogP contribution in [0.3, 0.4) is 0 Å². The molecule has 1 amide bonds. The van der Waals surface area contributed by atoms with Crippen molar-refractivity contribution in [2.45, 2.75) is 84.3 Å². The summed E-state index contributed by atoms with van der Waals surface area (Å²) in [4.78, 5) is 26.4. The third-order valence-corrected chi connectivity index (χ3v) is 7.56. The van der Waals surface area contributed by atoms with E-state index in [2.05, 4.69) is 57.2 Å². The number of carboxylic acids is 1. The van der Waals surface area contributed by atoms with E-state index in [1.54, 1.807) is 6.07 Å². The van der Waals surface area contributed by atoms with Gasteiger partial charge in [-0.25, -0.2) is 0 Å². The van der Waals surface area contributed by atoms with Crippen LogP contribution >= 0.6 is 0 Å². The Morgan fingerprint density at radius 3 is 2.15 bits per heavy atom. The van der Waals surface area contributed by atoms with Crippen LogP contribution < -0.4 is 4.74 Å². The molecule has 5 nitrogen and oxygen atoms in total. The molecule has 0 unspecified atom stereocenters. The van der Waals surface area contributed by atoms with Gasteiger partial charge in [0.1, 0.15) is 17.9 Å². The van der Waals surface area contributed by atoms with E-state index in [9.17, 15) is 14.7 Å². The molecule has 0 saturated carbocycles. The number of aryl methyl sites for hydroxylation is 3. The van der Waals surface area contributed by atoms with Crippen molar-refractivity contribution in [2.24, 2.45) is 0 Å². The summed E-state index contributed by atoms with van der Waals surface area (Å²) in [5.74, 6) is -0.506. The van der Waals surface area contributed by atoms with Gasteiger partial charge in [-0.15, -0.1) is 0 Å². The Morgan fingerprint density at radius 1 is 0.872 bits per heavy atom. The maximum Gasteiger partial charge on any atom is 0.323 e. The van der Waals surface area contributed by atoms with E-state index in [0.29, 0.717) is 5.56 Å². The second kappa shape index (κ2) is 13.0. The van der Waals surface area contributed by atoms with Crippen molar-refractivity contribution in [2.75, 3.05) is 6.54 Å². The number of benzene rings is 3. The molecule has 0 spiro atoms. The van der Waals surface area contributed by atoms with Crippen molar-refractivity contribution in [3.63, 3.8) is 0 Å². The maximum absolute atomic E-state index is 13.4. The molecule has 0 bridgehead atoms. The molecule has 0 radical (unpaired) electrons. The lowest BCUT2D eigenvalue weighted by atomic mass is 9.86. The lowest BCUT2D eigenvalue weighted by Crippen LogP contribution is -2.39. The summed E-state index contributed by atoms with van der Waals surface area (Å²) in [6.07, 6.45) is 8.01. The molecular formula is C34H41NO4. The van der Waals surface area contributed by atoms with Crippen LogP contribution in [0.1, 0.15) is 84.6 Å². The Bertz CT molecular complexity index is 1270. The lowest BCUT2D eigenvalue weighted by molar-refractivity contribution is -0.137. The summed E-state index contributed by atoms with van der Waals surface area (Å²) in [6, 6.07) is 22.4. The minimum absolute atomic E-state index is 0.252. The molecule has 4 rings (SSSR count). The molecule has 1 heterocycles. The number of aliphatic carboxylic acids is 1. The van der Waals surface area contributed by atoms with Gasteiger partial charge in [0, 0.05) is 18.5 Å². The topological polar surface area (TPSA) is 66.8 Å². The van der Waals surface area contributed by atoms with Gasteiger partial charge < -0.3 is 14.7 Å². The van der Waals surface area contributed by atoms with Gasteiger partial charge in [0.25, 0.3) is 5.91 Å². The molecule has 1 atom stereocenters. The van der Waals surface area contributed by atoms with Crippen LogP contribution in [0.25, 0.3) is 0 Å². The zero-order valence-corrected chi connectivity index (χ0v) is 23.5. The van der Waals surface area contributed by atoms with Crippen LogP contribution in [0.5, 0.6) is 5.75 Å². The molecule has 1 aliphatic rings. The summed E-state index contributed by atoms with van der Waals surface area (Å²) >= 11 is 0. The van der Waals surface area contributed by atoms with E-state index in [1.165, 1.54) is 21.6 Å². The Kier molecular flexibility index (Phi) is 9.45. The quantitative estimate of drug-likeness (QED) is 0.274. The summed E-state index contributed by atoms with van der Waals surface area (Å²) < 4.78 is 6.48. The van der Waals surface area contributed by atoms with Gasteiger partial charge in [-0.05, 0) is 85.0 Å². The Hall–Kier alpha value is -3.60. The molecule has 3 aromatic rings. The van der Waals surface area contributed by atoms with Crippen molar-refractivity contribution in [1.82, 2.24) is 4.90 Å². The predicted molar refractivity (Wildman–Crippen MR) is 155 cm³/mol. The number of amides is 1. The zero-order valence-electron chi connectivity index (χ0n) is 23.5. The van der Waals surface area contributed by atoms with Gasteiger partial charge in [0.2, 0.25) is 0 Å². The van der Waals surface area contributed by atoms with Crippen LogP contribution in [0.4, 0.5) is 0 Å². The number of hydrogen-bond acceptors (Lipinski definition) is 3. The number of rotatable bonds is 12. The average Bonchev–Trinajstić information content (AvgIpc) is 2.92. The third-order valence-electron chi connectivity index (χ3n) is 7.56. The monoisotopic (exact) mass is 527 g/mol. The number of hydrogen-bond donors (Lipinski definition) is 1. The van der Waals surface area contributed by atoms with Gasteiger partial charge in [0.05, 0.1) is 0 Å². The van der Waals surface area contributed by atoms with Gasteiger partial charge in [-0.1, -0.05) is 75.2 Å². The first kappa shape index (κ1) is 28.4. The van der Waals surface area contributed by atoms with Crippen molar-refractivity contribution < 1.29 is 19.4 Å². The van der Waals surface area contributed by atoms with Gasteiger partial charge in [-0.2, -0.15) is 0 Å². The van der Waals surface area contributed by atoms with Crippen molar-refractivity contribution >= 4 is 11.9 Å². The molecule has 1 N–H and O–H groups in total. The minimum atomic E-state index is -1.03. The second-order valence-corrected chi connectivity index (χ2v) is 11.1. The van der Waals surface area contributed by atoms with Gasteiger partial charge >= 0.3 is 5.97 Å². The highest BCUT2D eigenvalue weighted by Crippen LogP contribution is 2.36. The Balaban J connectivity index is 1.45. The lowest BCUT2D eigenvalue weighted by Gasteiger charge is -2.36. The highest BCUT2D eigenvalue weighted by atomic mass is 16.5. The molecule has 39 heavy (non-hydrogen) atoms. The first-order valence-electron chi connectivity index (χ1n) is 14.3. The maximum atomic E-state index is 13.4. The number of ether oxygens (including phenoxy) is 1. The number of unbranched alkanes of at least 4 members (excludes halogenated alkanes) is 1. The number of carboxylic acid groups (broad SMARTS) is 1. The van der Waals surface area contributed by atoms with E-state index in [-0.39, 0.29) is 24.6 Å². The molecule has 3 aromatic carbocycles. The normalized spacial score (nSPS) is 16.3. The zero-order chi connectivity index (χ0) is 27.8. The minimum Gasteiger partial charge on any atom is -0.487 e. The van der Waals surface area contributed by atoms with E-state index >= 15 is 0 Å². The molecule has 1 aliphatic heterocycles. The highest BCUT2D eigenvalue weighted by Gasteiger charge is 2.32. The first-order valence-corrected chi connectivity index (χ1v) is 14.3. The summed E-state index contributed by atoms with van der Waals surface area (Å²) in [5.41, 5.74) is 5.97. The fourth-order valence-electron chi connectivity index (χ4n) is 5.35. The van der Waals surface area contributed by atoms with Crippen molar-refractivity contribution in [1.29, 1.82) is 0 Å². The second-order valence-electron chi connectivity index (χ2n) is 11.1. The van der Waals surface area contributed by atoms with Gasteiger partial charge in [-0.3, -0.25) is 9.59 Å². The molecule has 0 aliphatic carbocycles. The fourth-order valence-corrected chi connectivity index (χ4v) is 5.35. The highest BCUT2D eigenvalue weighted by molar-refractivity contribution is 5.96. The van der Waals surface area contributed by atoms with E-state index in [4.69, 9.17) is 4.74 Å². The number of fused-ring (bicyclic) bond motifs is 1. The predicted octanol–water partition coefficient (Wildman–Crippen LogP) is 7.04. The largest absolute Gasteiger partial charge is 0.487 e. The Morgan fingerprint density at radius 2 is 1.51 bits per heavy atom. The SMILES string of the molecule is CCCCc1ccc(CN(CC(=O)O)C(=O)c2ccc3c(c2)CC[C@@](C)(Cc2ccc(CCC)cc2)O3)cc1. The van der Waals surface area contributed by atoms with Crippen LogP contribution in [0.2, 0.25) is 0 Å². The summed E-state index contributed by atoms with van der Waals surface area (Å²) in [5, 5.41) is 9.50. The van der Waals surface area contributed by atoms with E-state index < -0.39 is 5.97 Å². The average molecular weight is 528 g/mol. The Labute approximate surface area is 232 Å². The van der Waals surface area contributed by atoms with Gasteiger partial charge in [0.15, 0.2) is 0 Å². The first-order chi connectivity index (χ1) is 18.8. The number of nitrogens with zero attached hydrogens (tertiary/aromatic N) is 1. The fraction of sp³-hybridized carbons (Fsp3) is 0.412.